The first kappa shape index (κ1) is 16.3. The summed E-state index contributed by atoms with van der Waals surface area (Å²) < 4.78 is 8.66. The van der Waals surface area contributed by atoms with Gasteiger partial charge in [-0.25, -0.2) is 18.8 Å². The molecule has 1 aromatic heterocycles. The molecule has 1 N–H and O–H groups in total. The minimum atomic E-state index is -1.05. The Kier molecular flexibility index (Phi) is 4.70. The molecule has 2 aromatic rings. The molecule has 22 heavy (non-hydrogen) atoms. The summed E-state index contributed by atoms with van der Waals surface area (Å²) in [6.45, 7) is 3.72. The van der Waals surface area contributed by atoms with Crippen molar-refractivity contribution in [3.05, 3.63) is 44.3 Å². The molecule has 0 amide bonds. The van der Waals surface area contributed by atoms with E-state index in [1.807, 2.05) is 13.8 Å². The van der Waals surface area contributed by atoms with Crippen LogP contribution in [-0.2, 0) is 13.6 Å². The number of aromatic nitrogens is 3. The molecule has 0 atom stereocenters. The molecule has 1 heterocycles. The molecule has 7 nitrogen and oxygen atoms in total. The van der Waals surface area contributed by atoms with Gasteiger partial charge in [-0.15, -0.1) is 5.10 Å². The number of carbonyl (C=O) groups is 1. The molecule has 0 unspecified atom stereocenters. The molecule has 0 spiro atoms. The molecule has 0 aliphatic rings. The van der Waals surface area contributed by atoms with E-state index in [9.17, 15) is 14.7 Å². The lowest BCUT2D eigenvalue weighted by atomic mass is 10.1. The Morgan fingerprint density at radius 2 is 2.14 bits per heavy atom. The van der Waals surface area contributed by atoms with Gasteiger partial charge in [0.15, 0.2) is 0 Å². The highest BCUT2D eigenvalue weighted by Crippen LogP contribution is 2.18. The van der Waals surface area contributed by atoms with Crippen molar-refractivity contribution in [1.29, 1.82) is 0 Å². The normalized spacial score (nSPS) is 11.0. The van der Waals surface area contributed by atoms with Gasteiger partial charge in [0.25, 0.3) is 0 Å². The Morgan fingerprint density at radius 1 is 1.45 bits per heavy atom. The van der Waals surface area contributed by atoms with Crippen LogP contribution in [0.25, 0.3) is 0 Å². The lowest BCUT2D eigenvalue weighted by molar-refractivity contribution is 0.0695. The Labute approximate surface area is 135 Å². The first-order valence-electron chi connectivity index (χ1n) is 6.61. The van der Waals surface area contributed by atoms with Gasteiger partial charge in [-0.2, -0.15) is 0 Å². The summed E-state index contributed by atoms with van der Waals surface area (Å²) in [6.07, 6.45) is -0.116. The van der Waals surface area contributed by atoms with Crippen LogP contribution >= 0.6 is 15.9 Å². The number of ether oxygens (including phenoxy) is 1. The first-order chi connectivity index (χ1) is 10.3. The SMILES string of the molecule is CC(C)Oc1nn(Cc2cc(Br)ccc2C(=O)O)c(=O)n1C. The first-order valence-corrected chi connectivity index (χ1v) is 7.41. The average molecular weight is 370 g/mol. The standard InChI is InChI=1S/C14H16BrN3O4/c1-8(2)22-13-16-18(14(21)17(13)3)7-9-6-10(15)4-5-11(9)12(19)20/h4-6,8H,7H2,1-3H3,(H,19,20). The van der Waals surface area contributed by atoms with E-state index in [-0.39, 0.29) is 29.9 Å². The van der Waals surface area contributed by atoms with Crippen molar-refractivity contribution in [1.82, 2.24) is 14.3 Å². The smallest absolute Gasteiger partial charge is 0.348 e. The number of carboxylic acid groups (broad SMARTS) is 1. The van der Waals surface area contributed by atoms with Gasteiger partial charge in [0.2, 0.25) is 0 Å². The van der Waals surface area contributed by atoms with Crippen molar-refractivity contribution >= 4 is 21.9 Å². The summed E-state index contributed by atoms with van der Waals surface area (Å²) in [4.78, 5) is 23.4. The van der Waals surface area contributed by atoms with Gasteiger partial charge in [0.05, 0.1) is 18.2 Å². The molecule has 2 rings (SSSR count). The molecule has 8 heteroatoms. The van der Waals surface area contributed by atoms with Crippen LogP contribution in [0.1, 0.15) is 29.8 Å². The Bertz CT molecular complexity index is 764. The maximum atomic E-state index is 12.2. The monoisotopic (exact) mass is 369 g/mol. The van der Waals surface area contributed by atoms with Gasteiger partial charge < -0.3 is 9.84 Å². The van der Waals surface area contributed by atoms with Crippen LogP contribution < -0.4 is 10.4 Å². The molecule has 1 aromatic carbocycles. The third-order valence-corrected chi connectivity index (χ3v) is 3.45. The van der Waals surface area contributed by atoms with Gasteiger partial charge in [-0.05, 0) is 37.6 Å². The van der Waals surface area contributed by atoms with E-state index in [0.29, 0.717) is 5.56 Å². The number of benzene rings is 1. The van der Waals surface area contributed by atoms with Crippen molar-refractivity contribution in [3.8, 4) is 6.01 Å². The fraction of sp³-hybridized carbons (Fsp3) is 0.357. The van der Waals surface area contributed by atoms with Gasteiger partial charge in [-0.3, -0.25) is 0 Å². The molecular weight excluding hydrogens is 354 g/mol. The van der Waals surface area contributed by atoms with Crippen LogP contribution in [0, 0.1) is 0 Å². The topological polar surface area (TPSA) is 86.4 Å². The molecule has 118 valence electrons. The highest BCUT2D eigenvalue weighted by atomic mass is 79.9. The average Bonchev–Trinajstić information content (AvgIpc) is 2.66. The quantitative estimate of drug-likeness (QED) is 0.869. The molecule has 0 fully saturated rings. The number of rotatable bonds is 5. The van der Waals surface area contributed by atoms with Crippen LogP contribution in [0.4, 0.5) is 0 Å². The van der Waals surface area contributed by atoms with E-state index in [1.165, 1.54) is 15.3 Å². The highest BCUT2D eigenvalue weighted by Gasteiger charge is 2.16. The summed E-state index contributed by atoms with van der Waals surface area (Å²) in [6, 6.07) is 4.99. The van der Waals surface area contributed by atoms with Gasteiger partial charge in [0.1, 0.15) is 0 Å². The second kappa shape index (κ2) is 6.35. The maximum absolute atomic E-state index is 12.2. The van der Waals surface area contributed by atoms with Crippen LogP contribution in [-0.4, -0.2) is 31.5 Å². The van der Waals surface area contributed by atoms with Crippen LogP contribution in [0.5, 0.6) is 6.01 Å². The third-order valence-electron chi connectivity index (χ3n) is 2.96. The van der Waals surface area contributed by atoms with E-state index in [4.69, 9.17) is 4.74 Å². The molecular formula is C14H16BrN3O4. The lowest BCUT2D eigenvalue weighted by Gasteiger charge is -2.07. The molecule has 0 bridgehead atoms. The zero-order valence-electron chi connectivity index (χ0n) is 12.4. The number of aromatic carboxylic acids is 1. The molecule has 0 saturated carbocycles. The maximum Gasteiger partial charge on any atom is 0.348 e. The van der Waals surface area contributed by atoms with E-state index < -0.39 is 5.97 Å². The summed E-state index contributed by atoms with van der Waals surface area (Å²) >= 11 is 3.30. The van der Waals surface area contributed by atoms with Crippen molar-refractivity contribution < 1.29 is 14.6 Å². The van der Waals surface area contributed by atoms with E-state index >= 15 is 0 Å². The molecule has 0 aliphatic heterocycles. The number of nitrogens with zero attached hydrogens (tertiary/aromatic N) is 3. The largest absolute Gasteiger partial charge is 0.478 e. The van der Waals surface area contributed by atoms with Crippen LogP contribution in [0.15, 0.2) is 27.5 Å². The summed E-state index contributed by atoms with van der Waals surface area (Å²) in [5.41, 5.74) is 0.247. The zero-order valence-corrected chi connectivity index (χ0v) is 14.0. The van der Waals surface area contributed by atoms with Gasteiger partial charge in [-0.1, -0.05) is 15.9 Å². The molecule has 0 radical (unpaired) electrons. The second-order valence-electron chi connectivity index (χ2n) is 5.06. The van der Waals surface area contributed by atoms with E-state index in [0.717, 1.165) is 4.47 Å². The van der Waals surface area contributed by atoms with E-state index in [1.54, 1.807) is 19.2 Å². The van der Waals surface area contributed by atoms with E-state index in [2.05, 4.69) is 21.0 Å². The van der Waals surface area contributed by atoms with Gasteiger partial charge in [0, 0.05) is 11.5 Å². The van der Waals surface area contributed by atoms with Crippen molar-refractivity contribution in [2.75, 3.05) is 0 Å². The fourth-order valence-electron chi connectivity index (χ4n) is 1.95. The fourth-order valence-corrected chi connectivity index (χ4v) is 2.36. The predicted molar refractivity (Wildman–Crippen MR) is 83.4 cm³/mol. The lowest BCUT2D eigenvalue weighted by Crippen LogP contribution is -2.24. The number of carboxylic acids is 1. The van der Waals surface area contributed by atoms with Crippen molar-refractivity contribution in [2.45, 2.75) is 26.5 Å². The van der Waals surface area contributed by atoms with Crippen molar-refractivity contribution in [3.63, 3.8) is 0 Å². The molecule has 0 aliphatic carbocycles. The minimum absolute atomic E-state index is 0.0508. The van der Waals surface area contributed by atoms with Gasteiger partial charge >= 0.3 is 17.7 Å². The third kappa shape index (κ3) is 3.38. The second-order valence-corrected chi connectivity index (χ2v) is 5.97. The molecule has 0 saturated heterocycles. The highest BCUT2D eigenvalue weighted by molar-refractivity contribution is 9.10. The predicted octanol–water partition coefficient (Wildman–Crippen LogP) is 1.88. The zero-order chi connectivity index (χ0) is 16.4. The summed E-state index contributed by atoms with van der Waals surface area (Å²) in [7, 11) is 1.56. The number of halogens is 1. The van der Waals surface area contributed by atoms with Crippen LogP contribution in [0.3, 0.4) is 0 Å². The minimum Gasteiger partial charge on any atom is -0.478 e. The Hall–Kier alpha value is -2.09. The summed E-state index contributed by atoms with van der Waals surface area (Å²) in [5.74, 6) is -1.05. The number of hydrogen-bond donors (Lipinski definition) is 1. The number of hydrogen-bond acceptors (Lipinski definition) is 4. The Balaban J connectivity index is 2.42. The summed E-state index contributed by atoms with van der Waals surface area (Å²) in [5, 5.41) is 13.3. The van der Waals surface area contributed by atoms with Crippen LogP contribution in [0.2, 0.25) is 0 Å². The Morgan fingerprint density at radius 3 is 2.73 bits per heavy atom. The van der Waals surface area contributed by atoms with Crippen molar-refractivity contribution in [2.24, 2.45) is 7.05 Å².